The molecule has 0 saturated heterocycles. The lowest BCUT2D eigenvalue weighted by Crippen LogP contribution is -2.34. The minimum absolute atomic E-state index is 0.0188. The Morgan fingerprint density at radius 3 is 2.17 bits per heavy atom. The van der Waals surface area contributed by atoms with Crippen LogP contribution < -0.4 is 10.1 Å². The third-order valence-electron chi connectivity index (χ3n) is 7.43. The monoisotopic (exact) mass is 517 g/mol. The van der Waals surface area contributed by atoms with E-state index in [1.165, 1.54) is 12.1 Å². The van der Waals surface area contributed by atoms with E-state index in [1.807, 2.05) is 0 Å². The predicted octanol–water partition coefficient (Wildman–Crippen LogP) is 7.09. The van der Waals surface area contributed by atoms with Crippen LogP contribution in [0.25, 0.3) is 10.8 Å². The first-order valence-electron chi connectivity index (χ1n) is 12.2. The van der Waals surface area contributed by atoms with E-state index >= 15 is 0 Å². The largest absolute Gasteiger partial charge is 0.490 e. The Morgan fingerprint density at radius 2 is 1.58 bits per heavy atom. The molecule has 0 heterocycles. The molecule has 0 bridgehead atoms. The summed E-state index contributed by atoms with van der Waals surface area (Å²) in [7, 11) is 0. The standard InChI is InChI=1S/C26H29F6NO3/c27-25(28,29)18-5-9-20(10-6-18)36-22-12-4-17-13-15(1-11-21(17)23(22)26(30,31)32)14-33-19-7-2-16(3-8-19)24(34)35/h1,4,11-13,16,18-20,33H,2-3,5-10,14H2,(H,34,35)/t16-,18?,19+,20?. The van der Waals surface area contributed by atoms with Gasteiger partial charge in [0.1, 0.15) is 11.3 Å². The van der Waals surface area contributed by atoms with Gasteiger partial charge in [0, 0.05) is 12.6 Å². The minimum atomic E-state index is -4.69. The summed E-state index contributed by atoms with van der Waals surface area (Å²) in [5.41, 5.74) is -0.112. The highest BCUT2D eigenvalue weighted by Gasteiger charge is 2.42. The lowest BCUT2D eigenvalue weighted by molar-refractivity contribution is -0.185. The van der Waals surface area contributed by atoms with Crippen molar-refractivity contribution >= 4 is 16.7 Å². The maximum absolute atomic E-state index is 14.0. The summed E-state index contributed by atoms with van der Waals surface area (Å²) in [6.07, 6.45) is -7.23. The molecule has 2 saturated carbocycles. The molecule has 2 aromatic rings. The molecule has 0 atom stereocenters. The molecule has 2 aromatic carbocycles. The molecule has 0 unspecified atom stereocenters. The number of hydrogen-bond donors (Lipinski definition) is 2. The van der Waals surface area contributed by atoms with Gasteiger partial charge in [0.25, 0.3) is 0 Å². The van der Waals surface area contributed by atoms with Gasteiger partial charge in [-0.3, -0.25) is 4.79 Å². The van der Waals surface area contributed by atoms with Gasteiger partial charge >= 0.3 is 18.3 Å². The highest BCUT2D eigenvalue weighted by Crippen LogP contribution is 2.44. The van der Waals surface area contributed by atoms with Crippen molar-refractivity contribution in [1.82, 2.24) is 5.32 Å². The first-order valence-corrected chi connectivity index (χ1v) is 12.2. The van der Waals surface area contributed by atoms with Gasteiger partial charge in [0.15, 0.2) is 0 Å². The molecule has 2 fully saturated rings. The van der Waals surface area contributed by atoms with Crippen molar-refractivity contribution in [1.29, 1.82) is 0 Å². The van der Waals surface area contributed by atoms with Crippen molar-refractivity contribution in [2.24, 2.45) is 11.8 Å². The number of carboxylic acids is 1. The second-order valence-corrected chi connectivity index (χ2v) is 9.89. The van der Waals surface area contributed by atoms with E-state index in [0.29, 0.717) is 24.8 Å². The Bertz CT molecular complexity index is 1070. The van der Waals surface area contributed by atoms with E-state index in [2.05, 4.69) is 5.32 Å². The van der Waals surface area contributed by atoms with Gasteiger partial charge in [-0.1, -0.05) is 18.2 Å². The van der Waals surface area contributed by atoms with E-state index < -0.39 is 35.9 Å². The normalized spacial score (nSPS) is 25.6. The number of nitrogens with one attached hydrogen (secondary N) is 1. The molecule has 0 radical (unpaired) electrons. The zero-order chi connectivity index (χ0) is 26.1. The van der Waals surface area contributed by atoms with Gasteiger partial charge in [0.2, 0.25) is 0 Å². The van der Waals surface area contributed by atoms with Gasteiger partial charge < -0.3 is 15.2 Å². The average Bonchev–Trinajstić information content (AvgIpc) is 2.81. The Hall–Kier alpha value is -2.49. The summed E-state index contributed by atoms with van der Waals surface area (Å²) >= 11 is 0. The zero-order valence-corrected chi connectivity index (χ0v) is 19.6. The van der Waals surface area contributed by atoms with Gasteiger partial charge in [-0.2, -0.15) is 26.3 Å². The molecule has 0 spiro atoms. The second-order valence-electron chi connectivity index (χ2n) is 9.89. The number of benzene rings is 2. The number of rotatable bonds is 6. The van der Waals surface area contributed by atoms with Gasteiger partial charge in [-0.05, 0) is 79.8 Å². The summed E-state index contributed by atoms with van der Waals surface area (Å²) in [5.74, 6) is -2.89. The smallest absolute Gasteiger partial charge is 0.420 e. The predicted molar refractivity (Wildman–Crippen MR) is 122 cm³/mol. The van der Waals surface area contributed by atoms with Gasteiger partial charge in [0.05, 0.1) is 17.9 Å². The Kier molecular flexibility index (Phi) is 7.73. The Labute approximate surface area is 205 Å². The van der Waals surface area contributed by atoms with Crippen molar-refractivity contribution in [2.45, 2.75) is 82.4 Å². The first kappa shape index (κ1) is 26.6. The maximum atomic E-state index is 14.0. The quantitative estimate of drug-likeness (QED) is 0.402. The number of halogens is 6. The van der Waals surface area contributed by atoms with E-state index in [4.69, 9.17) is 9.84 Å². The summed E-state index contributed by atoms with van der Waals surface area (Å²) in [6, 6.07) is 7.66. The van der Waals surface area contributed by atoms with Crippen LogP contribution in [0.4, 0.5) is 26.3 Å². The van der Waals surface area contributed by atoms with Crippen molar-refractivity contribution in [3.63, 3.8) is 0 Å². The van der Waals surface area contributed by atoms with Crippen molar-refractivity contribution in [2.75, 3.05) is 0 Å². The summed E-state index contributed by atoms with van der Waals surface area (Å²) < 4.78 is 86.5. The maximum Gasteiger partial charge on any atom is 0.420 e. The lowest BCUT2D eigenvalue weighted by Gasteiger charge is -2.31. The van der Waals surface area contributed by atoms with Crippen LogP contribution in [-0.2, 0) is 17.5 Å². The molecule has 36 heavy (non-hydrogen) atoms. The third kappa shape index (κ3) is 6.25. The molecule has 4 nitrogen and oxygen atoms in total. The van der Waals surface area contributed by atoms with E-state index in [9.17, 15) is 31.1 Å². The Morgan fingerprint density at radius 1 is 0.917 bits per heavy atom. The summed E-state index contributed by atoms with van der Waals surface area (Å²) in [6.45, 7) is 0.445. The molecule has 0 aliphatic heterocycles. The molecule has 2 aliphatic rings. The third-order valence-corrected chi connectivity index (χ3v) is 7.43. The number of ether oxygens (including phenoxy) is 1. The summed E-state index contributed by atoms with van der Waals surface area (Å²) in [5, 5.41) is 12.9. The summed E-state index contributed by atoms with van der Waals surface area (Å²) in [4.78, 5) is 11.1. The molecule has 10 heteroatoms. The number of fused-ring (bicyclic) bond motifs is 1. The highest BCUT2D eigenvalue weighted by atomic mass is 19.4. The molecule has 4 rings (SSSR count). The van der Waals surface area contributed by atoms with Gasteiger partial charge in [-0.15, -0.1) is 0 Å². The van der Waals surface area contributed by atoms with Gasteiger partial charge in [-0.25, -0.2) is 0 Å². The van der Waals surface area contributed by atoms with Crippen LogP contribution in [0.15, 0.2) is 30.3 Å². The van der Waals surface area contributed by atoms with Crippen molar-refractivity contribution in [3.05, 3.63) is 41.5 Å². The van der Waals surface area contributed by atoms with Crippen LogP contribution in [0, 0.1) is 11.8 Å². The molecule has 0 amide bonds. The fourth-order valence-corrected chi connectivity index (χ4v) is 5.35. The SMILES string of the molecule is O=C(O)[C@H]1CC[C@@H](NCc2ccc3c(C(F)(F)F)c(OC4CCC(C(F)(F)F)CC4)ccc3c2)CC1. The number of hydrogen-bond acceptors (Lipinski definition) is 3. The average molecular weight is 518 g/mol. The lowest BCUT2D eigenvalue weighted by atomic mass is 9.86. The minimum Gasteiger partial charge on any atom is -0.490 e. The number of carbonyl (C=O) groups is 1. The van der Waals surface area contributed by atoms with Crippen molar-refractivity contribution < 1.29 is 41.0 Å². The Balaban J connectivity index is 1.46. The first-order chi connectivity index (χ1) is 16.9. The van der Waals surface area contributed by atoms with E-state index in [1.54, 1.807) is 18.2 Å². The van der Waals surface area contributed by atoms with E-state index in [-0.39, 0.29) is 48.8 Å². The topological polar surface area (TPSA) is 58.6 Å². The highest BCUT2D eigenvalue weighted by molar-refractivity contribution is 5.89. The van der Waals surface area contributed by atoms with Crippen LogP contribution in [0.5, 0.6) is 5.75 Å². The number of alkyl halides is 6. The molecular weight excluding hydrogens is 488 g/mol. The van der Waals surface area contributed by atoms with Crippen LogP contribution >= 0.6 is 0 Å². The molecule has 198 valence electrons. The second kappa shape index (κ2) is 10.5. The molecule has 0 aromatic heterocycles. The number of carboxylic acid groups (broad SMARTS) is 1. The molecular formula is C26H29F6NO3. The van der Waals surface area contributed by atoms with Crippen LogP contribution in [0.1, 0.15) is 62.5 Å². The number of aliphatic carboxylic acids is 1. The van der Waals surface area contributed by atoms with E-state index in [0.717, 1.165) is 18.4 Å². The molecule has 2 N–H and O–H groups in total. The molecule has 2 aliphatic carbocycles. The fourth-order valence-electron chi connectivity index (χ4n) is 5.35. The van der Waals surface area contributed by atoms with Crippen LogP contribution in [0.3, 0.4) is 0 Å². The zero-order valence-electron chi connectivity index (χ0n) is 19.6. The van der Waals surface area contributed by atoms with Crippen molar-refractivity contribution in [3.8, 4) is 5.75 Å². The fraction of sp³-hybridized carbons (Fsp3) is 0.577. The van der Waals surface area contributed by atoms with Crippen LogP contribution in [-0.4, -0.2) is 29.4 Å². The van der Waals surface area contributed by atoms with Crippen LogP contribution in [0.2, 0.25) is 0 Å².